The van der Waals surface area contributed by atoms with Crippen LogP contribution in [0.4, 0.5) is 5.69 Å². The summed E-state index contributed by atoms with van der Waals surface area (Å²) >= 11 is 6.13. The highest BCUT2D eigenvalue weighted by Crippen LogP contribution is 2.26. The Morgan fingerprint density at radius 3 is 2.59 bits per heavy atom. The summed E-state index contributed by atoms with van der Waals surface area (Å²) in [5, 5.41) is 1.74. The van der Waals surface area contributed by atoms with Gasteiger partial charge in [0, 0.05) is 48.8 Å². The first-order valence-electron chi connectivity index (χ1n) is 9.76. The molecule has 6 heteroatoms. The molecule has 3 aromatic rings. The van der Waals surface area contributed by atoms with Crippen molar-refractivity contribution in [2.24, 2.45) is 0 Å². The zero-order valence-corrected chi connectivity index (χ0v) is 17.4. The van der Waals surface area contributed by atoms with Crippen LogP contribution in [0.5, 0.6) is 0 Å². The molecule has 1 aliphatic heterocycles. The number of aromatic nitrogens is 1. The van der Waals surface area contributed by atoms with E-state index in [1.165, 1.54) is 7.11 Å². The summed E-state index contributed by atoms with van der Waals surface area (Å²) in [6, 6.07) is 15.9. The van der Waals surface area contributed by atoms with Crippen LogP contribution in [0.2, 0.25) is 5.02 Å². The molecular weight excluding hydrogens is 386 g/mol. The minimum Gasteiger partial charge on any atom is -0.465 e. The predicted octanol–water partition coefficient (Wildman–Crippen LogP) is 4.31. The molecule has 0 aliphatic carbocycles. The number of anilines is 1. The fraction of sp³-hybridized carbons (Fsp3) is 0.304. The van der Waals surface area contributed by atoms with Crippen molar-refractivity contribution in [3.63, 3.8) is 0 Å². The van der Waals surface area contributed by atoms with E-state index in [9.17, 15) is 4.79 Å². The standard InChI is InChI=1S/C23H24ClN3O2/c1-16-19-8-3-4-9-20(19)25-21(22(16)23(28)29-2)15-26-10-12-27(13-11-26)18-7-5-6-17(24)14-18/h3-9,14H,10-13,15H2,1-2H3. The molecule has 0 saturated carbocycles. The van der Waals surface area contributed by atoms with Crippen molar-refractivity contribution < 1.29 is 9.53 Å². The monoisotopic (exact) mass is 409 g/mol. The number of esters is 1. The summed E-state index contributed by atoms with van der Waals surface area (Å²) < 4.78 is 5.06. The van der Waals surface area contributed by atoms with Crippen molar-refractivity contribution in [1.29, 1.82) is 0 Å². The van der Waals surface area contributed by atoms with E-state index >= 15 is 0 Å². The lowest BCUT2D eigenvalue weighted by molar-refractivity contribution is 0.0596. The van der Waals surface area contributed by atoms with Gasteiger partial charge in [0.1, 0.15) is 0 Å². The maximum absolute atomic E-state index is 12.5. The van der Waals surface area contributed by atoms with Gasteiger partial charge in [-0.2, -0.15) is 0 Å². The number of para-hydroxylation sites is 1. The number of pyridine rings is 1. The minimum atomic E-state index is -0.326. The molecule has 5 nitrogen and oxygen atoms in total. The Bertz CT molecular complexity index is 1050. The Morgan fingerprint density at radius 2 is 1.86 bits per heavy atom. The third-order valence-corrected chi connectivity index (χ3v) is 5.77. The molecule has 150 valence electrons. The second-order valence-corrected chi connectivity index (χ2v) is 7.75. The predicted molar refractivity (Wildman–Crippen MR) is 117 cm³/mol. The van der Waals surface area contributed by atoms with E-state index in [1.807, 2.05) is 49.4 Å². The average molecular weight is 410 g/mol. The normalized spacial score (nSPS) is 14.9. The number of carbonyl (C=O) groups excluding carboxylic acids is 1. The Morgan fingerprint density at radius 1 is 1.10 bits per heavy atom. The smallest absolute Gasteiger partial charge is 0.340 e. The van der Waals surface area contributed by atoms with Crippen molar-refractivity contribution in [3.05, 3.63) is 70.4 Å². The van der Waals surface area contributed by atoms with Crippen LogP contribution in [0.1, 0.15) is 21.6 Å². The zero-order chi connectivity index (χ0) is 20.4. The SMILES string of the molecule is COC(=O)c1c(CN2CCN(c3cccc(Cl)c3)CC2)nc2ccccc2c1C. The highest BCUT2D eigenvalue weighted by atomic mass is 35.5. The zero-order valence-electron chi connectivity index (χ0n) is 16.7. The number of ether oxygens (including phenoxy) is 1. The number of carbonyl (C=O) groups is 1. The van der Waals surface area contributed by atoms with Crippen LogP contribution >= 0.6 is 11.6 Å². The molecule has 2 aromatic carbocycles. The van der Waals surface area contributed by atoms with Crippen LogP contribution in [-0.4, -0.2) is 49.1 Å². The van der Waals surface area contributed by atoms with E-state index in [2.05, 4.69) is 15.9 Å². The molecule has 1 aromatic heterocycles. The quantitative estimate of drug-likeness (QED) is 0.601. The molecule has 1 fully saturated rings. The molecule has 1 saturated heterocycles. The van der Waals surface area contributed by atoms with E-state index in [1.54, 1.807) is 0 Å². The molecule has 0 N–H and O–H groups in total. The molecule has 0 bridgehead atoms. The van der Waals surface area contributed by atoms with Crippen molar-refractivity contribution in [2.45, 2.75) is 13.5 Å². The third kappa shape index (κ3) is 4.07. The van der Waals surface area contributed by atoms with Gasteiger partial charge in [0.15, 0.2) is 0 Å². The van der Waals surface area contributed by atoms with Crippen molar-refractivity contribution in [2.75, 3.05) is 38.2 Å². The average Bonchev–Trinajstić information content (AvgIpc) is 2.74. The number of methoxy groups -OCH3 is 1. The third-order valence-electron chi connectivity index (χ3n) is 5.54. The highest BCUT2D eigenvalue weighted by molar-refractivity contribution is 6.30. The maximum atomic E-state index is 12.5. The maximum Gasteiger partial charge on any atom is 0.340 e. The van der Waals surface area contributed by atoms with Gasteiger partial charge >= 0.3 is 5.97 Å². The molecule has 0 radical (unpaired) electrons. The second kappa shape index (κ2) is 8.39. The van der Waals surface area contributed by atoms with Gasteiger partial charge in [-0.3, -0.25) is 9.88 Å². The van der Waals surface area contributed by atoms with Gasteiger partial charge in [0.05, 0.1) is 23.9 Å². The minimum absolute atomic E-state index is 0.326. The lowest BCUT2D eigenvalue weighted by atomic mass is 10.0. The number of benzene rings is 2. The van der Waals surface area contributed by atoms with Crippen LogP contribution in [0.3, 0.4) is 0 Å². The number of hydrogen-bond acceptors (Lipinski definition) is 5. The largest absolute Gasteiger partial charge is 0.465 e. The number of piperazine rings is 1. The van der Waals surface area contributed by atoms with E-state index in [0.717, 1.165) is 59.0 Å². The van der Waals surface area contributed by atoms with Crippen molar-refractivity contribution in [1.82, 2.24) is 9.88 Å². The van der Waals surface area contributed by atoms with E-state index in [0.29, 0.717) is 12.1 Å². The molecule has 2 heterocycles. The van der Waals surface area contributed by atoms with E-state index in [-0.39, 0.29) is 5.97 Å². The van der Waals surface area contributed by atoms with Crippen LogP contribution in [0, 0.1) is 6.92 Å². The van der Waals surface area contributed by atoms with Gasteiger partial charge in [-0.05, 0) is 36.8 Å². The van der Waals surface area contributed by atoms with E-state index < -0.39 is 0 Å². The fourth-order valence-electron chi connectivity index (χ4n) is 3.98. The first-order chi connectivity index (χ1) is 14.1. The molecule has 4 rings (SSSR count). The summed E-state index contributed by atoms with van der Waals surface area (Å²) in [4.78, 5) is 22.0. The van der Waals surface area contributed by atoms with Gasteiger partial charge in [-0.15, -0.1) is 0 Å². The number of halogens is 1. The Kier molecular flexibility index (Phi) is 5.69. The summed E-state index contributed by atoms with van der Waals surface area (Å²) in [5.41, 5.74) is 4.35. The van der Waals surface area contributed by atoms with Crippen molar-refractivity contribution in [3.8, 4) is 0 Å². The van der Waals surface area contributed by atoms with Crippen LogP contribution in [0.15, 0.2) is 48.5 Å². The van der Waals surface area contributed by atoms with Gasteiger partial charge in [0.2, 0.25) is 0 Å². The summed E-state index contributed by atoms with van der Waals surface area (Å²) in [5.74, 6) is -0.326. The summed E-state index contributed by atoms with van der Waals surface area (Å²) in [7, 11) is 1.42. The second-order valence-electron chi connectivity index (χ2n) is 7.31. The molecule has 1 aliphatic rings. The molecule has 29 heavy (non-hydrogen) atoms. The van der Waals surface area contributed by atoms with E-state index in [4.69, 9.17) is 21.3 Å². The van der Waals surface area contributed by atoms with Gasteiger partial charge in [0.25, 0.3) is 0 Å². The van der Waals surface area contributed by atoms with Gasteiger partial charge in [-0.25, -0.2) is 4.79 Å². The Balaban J connectivity index is 1.56. The lowest BCUT2D eigenvalue weighted by Gasteiger charge is -2.36. The molecular formula is C23H24ClN3O2. The number of fused-ring (bicyclic) bond motifs is 1. The summed E-state index contributed by atoms with van der Waals surface area (Å²) in [6.45, 7) is 6.18. The topological polar surface area (TPSA) is 45.7 Å². The molecule has 0 spiro atoms. The Hall–Kier alpha value is -2.63. The van der Waals surface area contributed by atoms with Crippen LogP contribution in [-0.2, 0) is 11.3 Å². The molecule has 0 unspecified atom stereocenters. The number of hydrogen-bond donors (Lipinski definition) is 0. The number of nitrogens with zero attached hydrogens (tertiary/aromatic N) is 3. The van der Waals surface area contributed by atoms with Gasteiger partial charge < -0.3 is 9.64 Å². The number of aryl methyl sites for hydroxylation is 1. The van der Waals surface area contributed by atoms with Gasteiger partial charge in [-0.1, -0.05) is 35.9 Å². The summed E-state index contributed by atoms with van der Waals surface area (Å²) in [6.07, 6.45) is 0. The van der Waals surface area contributed by atoms with Crippen LogP contribution in [0.25, 0.3) is 10.9 Å². The lowest BCUT2D eigenvalue weighted by Crippen LogP contribution is -2.46. The van der Waals surface area contributed by atoms with Crippen molar-refractivity contribution >= 4 is 34.2 Å². The number of rotatable bonds is 4. The first kappa shape index (κ1) is 19.7. The molecule has 0 atom stereocenters. The molecule has 0 amide bonds. The first-order valence-corrected chi connectivity index (χ1v) is 10.1. The Labute approximate surface area is 175 Å². The highest BCUT2D eigenvalue weighted by Gasteiger charge is 2.23. The van der Waals surface area contributed by atoms with Crippen LogP contribution < -0.4 is 4.90 Å². The fourth-order valence-corrected chi connectivity index (χ4v) is 4.16.